The van der Waals surface area contributed by atoms with E-state index in [4.69, 9.17) is 21.7 Å². The van der Waals surface area contributed by atoms with Crippen LogP contribution in [-0.2, 0) is 14.4 Å². The summed E-state index contributed by atoms with van der Waals surface area (Å²) in [7, 11) is 0. The number of carboxylic acids is 2. The molecule has 11 N–H and O–H groups in total. The van der Waals surface area contributed by atoms with Crippen LogP contribution in [-0.4, -0.2) is 59.1 Å². The van der Waals surface area contributed by atoms with Gasteiger partial charge in [-0.25, -0.2) is 4.79 Å². The lowest BCUT2D eigenvalue weighted by atomic mass is 10.1. The topological polar surface area (TPSA) is 221 Å². The van der Waals surface area contributed by atoms with Gasteiger partial charge in [0, 0.05) is 30.8 Å². The van der Waals surface area contributed by atoms with E-state index in [1.165, 1.54) is 12.1 Å². The van der Waals surface area contributed by atoms with E-state index >= 15 is 0 Å². The van der Waals surface area contributed by atoms with Crippen molar-refractivity contribution in [3.8, 4) is 0 Å². The molecule has 2 atom stereocenters. The minimum absolute atomic E-state index is 0.141. The highest BCUT2D eigenvalue weighted by Gasteiger charge is 2.24. The number of primary amides is 1. The minimum Gasteiger partial charge on any atom is -0.481 e. The van der Waals surface area contributed by atoms with E-state index in [0.29, 0.717) is 24.6 Å². The first-order valence-electron chi connectivity index (χ1n) is 9.92. The van der Waals surface area contributed by atoms with Crippen LogP contribution >= 0.6 is 0 Å². The van der Waals surface area contributed by atoms with Crippen molar-refractivity contribution in [2.75, 3.05) is 18.4 Å². The van der Waals surface area contributed by atoms with Crippen molar-refractivity contribution in [1.82, 2.24) is 21.3 Å². The SMILES string of the molecule is C=C(N)NC1=C(C(N)=O)NC(CNc2ccc(C(=O)NC(CCC(=O)O)C(=O)O)cc2)CN1. The average Bonchev–Trinajstić information content (AvgIpc) is 2.75. The molecule has 0 aromatic heterocycles. The Morgan fingerprint density at radius 1 is 1.15 bits per heavy atom. The number of carbonyl (C=O) groups excluding carboxylic acids is 2. The van der Waals surface area contributed by atoms with Crippen LogP contribution < -0.4 is 38.1 Å². The van der Waals surface area contributed by atoms with Crippen LogP contribution in [0.15, 0.2) is 48.2 Å². The Hall–Kier alpha value is -4.42. The zero-order valence-electron chi connectivity index (χ0n) is 17.7. The summed E-state index contributed by atoms with van der Waals surface area (Å²) in [6.45, 7) is 4.37. The number of nitrogens with one attached hydrogen (secondary N) is 5. The summed E-state index contributed by atoms with van der Waals surface area (Å²) in [4.78, 5) is 45.9. The Kier molecular flexibility index (Phi) is 8.49. The molecule has 0 saturated heterocycles. The van der Waals surface area contributed by atoms with E-state index in [1.54, 1.807) is 12.1 Å². The standard InChI is InChI=1S/C20H27N7O6/c1-10(21)25-18-16(17(22)30)26-13(9-24-18)8-23-12-4-2-11(3-5-12)19(31)27-14(20(32)33)6-7-15(28)29/h2-5,13-14,23-26H,1,6-9,21H2,(H2,22,30)(H,27,31)(H,28,29)(H,32,33). The van der Waals surface area contributed by atoms with Crippen molar-refractivity contribution in [3.05, 3.63) is 53.7 Å². The fourth-order valence-electron chi connectivity index (χ4n) is 2.97. The Balaban J connectivity index is 1.93. The monoisotopic (exact) mass is 461 g/mol. The van der Waals surface area contributed by atoms with Gasteiger partial charge in [-0.15, -0.1) is 0 Å². The molecule has 1 aromatic carbocycles. The molecular formula is C20H27N7O6. The molecule has 0 saturated carbocycles. The largest absolute Gasteiger partial charge is 0.481 e. The van der Waals surface area contributed by atoms with Gasteiger partial charge in [0.05, 0.1) is 11.9 Å². The van der Waals surface area contributed by atoms with Crippen LogP contribution in [0.1, 0.15) is 23.2 Å². The van der Waals surface area contributed by atoms with Gasteiger partial charge in [-0.1, -0.05) is 6.58 Å². The predicted octanol–water partition coefficient (Wildman–Crippen LogP) is -1.62. The normalized spacial score (nSPS) is 15.9. The fraction of sp³-hybridized carbons (Fsp3) is 0.300. The van der Waals surface area contributed by atoms with Gasteiger partial charge in [0.1, 0.15) is 17.6 Å². The molecule has 1 aliphatic heterocycles. The molecule has 13 nitrogen and oxygen atoms in total. The summed E-state index contributed by atoms with van der Waals surface area (Å²) in [5, 5.41) is 32.1. The molecule has 33 heavy (non-hydrogen) atoms. The number of carbonyl (C=O) groups is 4. The van der Waals surface area contributed by atoms with Crippen LogP contribution in [0.25, 0.3) is 0 Å². The summed E-state index contributed by atoms with van der Waals surface area (Å²) in [6.07, 6.45) is -0.605. The summed E-state index contributed by atoms with van der Waals surface area (Å²) in [5.41, 5.74) is 11.9. The van der Waals surface area contributed by atoms with E-state index in [1.807, 2.05) is 0 Å². The maximum Gasteiger partial charge on any atom is 0.326 e. The van der Waals surface area contributed by atoms with E-state index in [9.17, 15) is 19.2 Å². The quantitative estimate of drug-likeness (QED) is 0.172. The van der Waals surface area contributed by atoms with E-state index in [0.717, 1.165) is 0 Å². The number of carboxylic acid groups (broad SMARTS) is 2. The van der Waals surface area contributed by atoms with Gasteiger partial charge in [0.2, 0.25) is 0 Å². The summed E-state index contributed by atoms with van der Waals surface area (Å²) in [5.74, 6) is -3.27. The van der Waals surface area contributed by atoms with Crippen LogP contribution in [0, 0.1) is 0 Å². The molecule has 1 heterocycles. The molecule has 13 heteroatoms. The van der Waals surface area contributed by atoms with Crippen LogP contribution in [0.5, 0.6) is 0 Å². The number of nitrogens with two attached hydrogens (primary N) is 2. The first-order valence-corrected chi connectivity index (χ1v) is 9.92. The van der Waals surface area contributed by atoms with Gasteiger partial charge in [-0.3, -0.25) is 14.4 Å². The number of hydrogen-bond acceptors (Lipinski definition) is 9. The minimum atomic E-state index is -1.31. The second-order valence-corrected chi connectivity index (χ2v) is 7.24. The molecule has 2 unspecified atom stereocenters. The third-order valence-corrected chi connectivity index (χ3v) is 4.61. The zero-order chi connectivity index (χ0) is 24.5. The molecule has 178 valence electrons. The molecule has 0 aliphatic carbocycles. The van der Waals surface area contributed by atoms with Crippen LogP contribution in [0.4, 0.5) is 5.69 Å². The van der Waals surface area contributed by atoms with Crippen LogP contribution in [0.2, 0.25) is 0 Å². The number of aliphatic carboxylic acids is 2. The molecular weight excluding hydrogens is 434 g/mol. The second-order valence-electron chi connectivity index (χ2n) is 7.24. The lowest BCUT2D eigenvalue weighted by molar-refractivity contribution is -0.140. The number of hydrogen-bond donors (Lipinski definition) is 9. The predicted molar refractivity (Wildman–Crippen MR) is 118 cm³/mol. The highest BCUT2D eigenvalue weighted by Crippen LogP contribution is 2.12. The molecule has 1 aliphatic rings. The maximum absolute atomic E-state index is 12.3. The molecule has 0 spiro atoms. The van der Waals surface area contributed by atoms with Gasteiger partial charge in [-0.2, -0.15) is 0 Å². The van der Waals surface area contributed by atoms with E-state index in [-0.39, 0.29) is 36.0 Å². The summed E-state index contributed by atoms with van der Waals surface area (Å²) >= 11 is 0. The van der Waals surface area contributed by atoms with Crippen molar-refractivity contribution < 1.29 is 29.4 Å². The van der Waals surface area contributed by atoms with E-state index in [2.05, 4.69) is 33.2 Å². The van der Waals surface area contributed by atoms with Gasteiger partial charge < -0.3 is 48.3 Å². The average molecular weight is 461 g/mol. The van der Waals surface area contributed by atoms with Crippen molar-refractivity contribution in [1.29, 1.82) is 0 Å². The molecule has 0 fully saturated rings. The van der Waals surface area contributed by atoms with Crippen molar-refractivity contribution in [3.63, 3.8) is 0 Å². The highest BCUT2D eigenvalue weighted by molar-refractivity contribution is 5.97. The fourth-order valence-corrected chi connectivity index (χ4v) is 2.97. The third-order valence-electron chi connectivity index (χ3n) is 4.61. The van der Waals surface area contributed by atoms with Crippen molar-refractivity contribution in [2.45, 2.75) is 24.9 Å². The smallest absolute Gasteiger partial charge is 0.326 e. The van der Waals surface area contributed by atoms with Gasteiger partial charge in [-0.05, 0) is 30.7 Å². The Morgan fingerprint density at radius 2 is 1.82 bits per heavy atom. The maximum atomic E-state index is 12.3. The second kappa shape index (κ2) is 11.3. The van der Waals surface area contributed by atoms with Gasteiger partial charge in [0.25, 0.3) is 11.8 Å². The molecule has 0 radical (unpaired) electrons. The van der Waals surface area contributed by atoms with Gasteiger partial charge >= 0.3 is 11.9 Å². The molecule has 2 amide bonds. The molecule has 1 aromatic rings. The van der Waals surface area contributed by atoms with Gasteiger partial charge in [0.15, 0.2) is 0 Å². The number of anilines is 1. The summed E-state index contributed by atoms with van der Waals surface area (Å²) < 4.78 is 0. The number of benzene rings is 1. The van der Waals surface area contributed by atoms with Crippen molar-refractivity contribution in [2.24, 2.45) is 11.5 Å². The lowest BCUT2D eigenvalue weighted by Gasteiger charge is -2.30. The molecule has 2 rings (SSSR count). The first-order chi connectivity index (χ1) is 15.6. The Labute approximate surface area is 189 Å². The van der Waals surface area contributed by atoms with E-state index < -0.39 is 29.8 Å². The third kappa shape index (κ3) is 7.65. The lowest BCUT2D eigenvalue weighted by Crippen LogP contribution is -2.53. The Morgan fingerprint density at radius 3 is 2.36 bits per heavy atom. The number of rotatable bonds is 12. The first kappa shape index (κ1) is 24.8. The number of amides is 2. The highest BCUT2D eigenvalue weighted by atomic mass is 16.4. The molecule has 0 bridgehead atoms. The zero-order valence-corrected chi connectivity index (χ0v) is 17.7. The Bertz CT molecular complexity index is 960. The van der Waals surface area contributed by atoms with Crippen LogP contribution in [0.3, 0.4) is 0 Å². The van der Waals surface area contributed by atoms with Crippen molar-refractivity contribution >= 4 is 29.4 Å². The summed E-state index contributed by atoms with van der Waals surface area (Å²) in [6, 6.07) is 4.77.